The van der Waals surface area contributed by atoms with E-state index in [9.17, 15) is 13.2 Å². The van der Waals surface area contributed by atoms with Crippen molar-refractivity contribution in [3.8, 4) is 0 Å². The van der Waals surface area contributed by atoms with E-state index in [0.717, 1.165) is 37.7 Å². The fourth-order valence-corrected chi connectivity index (χ4v) is 6.18. The third-order valence-electron chi connectivity index (χ3n) is 6.84. The molecule has 4 rings (SSSR count). The minimum atomic E-state index is -3.40. The molecule has 1 aliphatic heterocycles. The number of nitrogens with zero attached hydrogens (tertiary/aromatic N) is 1. The number of nitrogens with one attached hydrogen (secondary N) is 1. The van der Waals surface area contributed by atoms with Crippen LogP contribution in [0.4, 0.5) is 0 Å². The molecule has 2 aliphatic rings. The first-order valence-corrected chi connectivity index (χ1v) is 12.9. The first kappa shape index (κ1) is 22.0. The molecular formula is C25H32N2O3S. The van der Waals surface area contributed by atoms with Crippen LogP contribution in [0.25, 0.3) is 0 Å². The molecule has 166 valence electrons. The summed E-state index contributed by atoms with van der Waals surface area (Å²) >= 11 is 0. The Morgan fingerprint density at radius 1 is 0.903 bits per heavy atom. The summed E-state index contributed by atoms with van der Waals surface area (Å²) in [5.41, 5.74) is 2.38. The number of sulfonamides is 1. The van der Waals surface area contributed by atoms with Crippen molar-refractivity contribution in [3.63, 3.8) is 0 Å². The lowest BCUT2D eigenvalue weighted by Gasteiger charge is -2.42. The van der Waals surface area contributed by atoms with E-state index >= 15 is 0 Å². The molecule has 2 aromatic rings. The number of carbonyl (C=O) groups is 1. The predicted octanol–water partition coefficient (Wildman–Crippen LogP) is 4.03. The number of piperidine rings is 1. The van der Waals surface area contributed by atoms with Crippen molar-refractivity contribution in [1.82, 2.24) is 9.62 Å². The standard InChI is InChI=1S/C25H32N2O3S/c28-24(26-20-25(16-7-17-25)22-8-3-1-4-9-22)15-12-21-10-13-23(14-11-21)31(29,30)27-18-5-2-6-19-27/h1,3-4,8-11,13-14H,2,5-7,12,15-20H2,(H,26,28). The van der Waals surface area contributed by atoms with Gasteiger partial charge >= 0.3 is 0 Å². The van der Waals surface area contributed by atoms with Gasteiger partial charge < -0.3 is 5.32 Å². The number of carbonyl (C=O) groups excluding carboxylic acids is 1. The maximum Gasteiger partial charge on any atom is 0.243 e. The largest absolute Gasteiger partial charge is 0.355 e. The Morgan fingerprint density at radius 2 is 1.58 bits per heavy atom. The van der Waals surface area contributed by atoms with Gasteiger partial charge in [-0.15, -0.1) is 0 Å². The molecule has 1 amide bonds. The third-order valence-corrected chi connectivity index (χ3v) is 8.75. The Hall–Kier alpha value is -2.18. The molecule has 0 atom stereocenters. The maximum absolute atomic E-state index is 12.8. The number of rotatable bonds is 8. The van der Waals surface area contributed by atoms with E-state index in [0.29, 0.717) is 37.4 Å². The van der Waals surface area contributed by atoms with Gasteiger partial charge in [0.15, 0.2) is 0 Å². The van der Waals surface area contributed by atoms with Gasteiger partial charge in [0.25, 0.3) is 0 Å². The highest BCUT2D eigenvalue weighted by atomic mass is 32.2. The van der Waals surface area contributed by atoms with Crippen molar-refractivity contribution in [2.24, 2.45) is 0 Å². The average Bonchev–Trinajstić information content (AvgIpc) is 2.78. The Balaban J connectivity index is 1.29. The van der Waals surface area contributed by atoms with Crippen LogP contribution in [0.5, 0.6) is 0 Å². The summed E-state index contributed by atoms with van der Waals surface area (Å²) in [6, 6.07) is 17.5. The maximum atomic E-state index is 12.8. The average molecular weight is 441 g/mol. The lowest BCUT2D eigenvalue weighted by atomic mass is 9.64. The first-order valence-electron chi connectivity index (χ1n) is 11.4. The van der Waals surface area contributed by atoms with E-state index in [2.05, 4.69) is 29.6 Å². The Labute approximate surface area is 185 Å². The molecular weight excluding hydrogens is 408 g/mol. The summed E-state index contributed by atoms with van der Waals surface area (Å²) in [5.74, 6) is 0.0484. The molecule has 0 bridgehead atoms. The van der Waals surface area contributed by atoms with E-state index < -0.39 is 10.0 Å². The third kappa shape index (κ3) is 5.01. The minimum absolute atomic E-state index is 0.0484. The molecule has 0 aromatic heterocycles. The van der Waals surface area contributed by atoms with Crippen molar-refractivity contribution < 1.29 is 13.2 Å². The summed E-state index contributed by atoms with van der Waals surface area (Å²) in [7, 11) is -3.40. The molecule has 0 unspecified atom stereocenters. The number of aryl methyl sites for hydroxylation is 1. The van der Waals surface area contributed by atoms with Crippen LogP contribution in [-0.2, 0) is 26.7 Å². The molecule has 1 N–H and O–H groups in total. The van der Waals surface area contributed by atoms with Crippen LogP contribution in [-0.4, -0.2) is 38.3 Å². The van der Waals surface area contributed by atoms with Gasteiger partial charge in [-0.25, -0.2) is 8.42 Å². The van der Waals surface area contributed by atoms with Crippen LogP contribution in [0.15, 0.2) is 59.5 Å². The topological polar surface area (TPSA) is 66.5 Å². The molecule has 1 heterocycles. The normalized spacial score (nSPS) is 18.8. The zero-order valence-corrected chi connectivity index (χ0v) is 18.9. The second-order valence-electron chi connectivity index (χ2n) is 8.89. The Kier molecular flexibility index (Phi) is 6.77. The number of amides is 1. The second-order valence-corrected chi connectivity index (χ2v) is 10.8. The summed E-state index contributed by atoms with van der Waals surface area (Å²) in [6.07, 6.45) is 7.40. The van der Waals surface area contributed by atoms with Gasteiger partial charge in [0.1, 0.15) is 0 Å². The van der Waals surface area contributed by atoms with E-state index in [1.807, 2.05) is 18.2 Å². The minimum Gasteiger partial charge on any atom is -0.355 e. The molecule has 31 heavy (non-hydrogen) atoms. The summed E-state index contributed by atoms with van der Waals surface area (Å²) in [6.45, 7) is 1.90. The van der Waals surface area contributed by atoms with Crippen LogP contribution in [0.2, 0.25) is 0 Å². The number of hydrogen-bond donors (Lipinski definition) is 1. The van der Waals surface area contributed by atoms with Crippen molar-refractivity contribution >= 4 is 15.9 Å². The lowest BCUT2D eigenvalue weighted by Crippen LogP contribution is -2.45. The van der Waals surface area contributed by atoms with E-state index in [1.165, 1.54) is 12.0 Å². The van der Waals surface area contributed by atoms with Crippen LogP contribution in [0, 0.1) is 0 Å². The molecule has 2 aromatic carbocycles. The molecule has 0 spiro atoms. The summed E-state index contributed by atoms with van der Waals surface area (Å²) in [4.78, 5) is 12.8. The van der Waals surface area contributed by atoms with Crippen molar-refractivity contribution in [1.29, 1.82) is 0 Å². The van der Waals surface area contributed by atoms with E-state index in [-0.39, 0.29) is 11.3 Å². The molecule has 6 heteroatoms. The van der Waals surface area contributed by atoms with Gasteiger partial charge in [-0.2, -0.15) is 4.31 Å². The molecule has 5 nitrogen and oxygen atoms in total. The van der Waals surface area contributed by atoms with E-state index in [1.54, 1.807) is 16.4 Å². The number of benzene rings is 2. The summed E-state index contributed by atoms with van der Waals surface area (Å²) < 4.78 is 27.1. The lowest BCUT2D eigenvalue weighted by molar-refractivity contribution is -0.121. The van der Waals surface area contributed by atoms with Crippen molar-refractivity contribution in [2.75, 3.05) is 19.6 Å². The van der Waals surface area contributed by atoms with Crippen LogP contribution in [0.1, 0.15) is 56.1 Å². The second kappa shape index (κ2) is 9.53. The fraction of sp³-hybridized carbons (Fsp3) is 0.480. The highest BCUT2D eigenvalue weighted by molar-refractivity contribution is 7.89. The smallest absolute Gasteiger partial charge is 0.243 e. The van der Waals surface area contributed by atoms with Crippen molar-refractivity contribution in [3.05, 3.63) is 65.7 Å². The highest BCUT2D eigenvalue weighted by Gasteiger charge is 2.38. The zero-order valence-electron chi connectivity index (χ0n) is 18.1. The van der Waals surface area contributed by atoms with Crippen LogP contribution >= 0.6 is 0 Å². The van der Waals surface area contributed by atoms with Gasteiger partial charge in [-0.1, -0.05) is 55.3 Å². The number of hydrogen-bond acceptors (Lipinski definition) is 3. The zero-order chi connectivity index (χ0) is 21.7. The molecule has 1 saturated carbocycles. The van der Waals surface area contributed by atoms with Gasteiger partial charge in [0.05, 0.1) is 4.90 Å². The van der Waals surface area contributed by atoms with Crippen molar-refractivity contribution in [2.45, 2.75) is 61.7 Å². The molecule has 2 fully saturated rings. The van der Waals surface area contributed by atoms with Gasteiger partial charge in [-0.05, 0) is 55.4 Å². The highest BCUT2D eigenvalue weighted by Crippen LogP contribution is 2.43. The molecule has 1 saturated heterocycles. The van der Waals surface area contributed by atoms with Crippen LogP contribution < -0.4 is 5.32 Å². The van der Waals surface area contributed by atoms with Crippen LogP contribution in [0.3, 0.4) is 0 Å². The summed E-state index contributed by atoms with van der Waals surface area (Å²) in [5, 5.41) is 3.13. The monoisotopic (exact) mass is 440 g/mol. The van der Waals surface area contributed by atoms with Gasteiger partial charge in [0, 0.05) is 31.5 Å². The quantitative estimate of drug-likeness (QED) is 0.674. The Morgan fingerprint density at radius 3 is 2.19 bits per heavy atom. The fourth-order valence-electron chi connectivity index (χ4n) is 4.66. The predicted molar refractivity (Wildman–Crippen MR) is 122 cm³/mol. The van der Waals surface area contributed by atoms with E-state index in [4.69, 9.17) is 0 Å². The SMILES string of the molecule is O=C(CCc1ccc(S(=O)(=O)N2CCCCC2)cc1)NCC1(c2ccccc2)CCC1. The first-order chi connectivity index (χ1) is 15.0. The molecule has 0 radical (unpaired) electrons. The van der Waals surface area contributed by atoms with Gasteiger partial charge in [0.2, 0.25) is 15.9 Å². The Bertz CT molecular complexity index is 977. The van der Waals surface area contributed by atoms with Gasteiger partial charge in [-0.3, -0.25) is 4.79 Å². The molecule has 1 aliphatic carbocycles.